The lowest BCUT2D eigenvalue weighted by atomic mass is 9.92. The lowest BCUT2D eigenvalue weighted by molar-refractivity contribution is -0.144. The Bertz CT molecular complexity index is 2470. The Hall–Kier alpha value is -5.75. The predicted octanol–water partition coefficient (Wildman–Crippen LogP) is 12.1. The molecule has 0 aromatic heterocycles. The van der Waals surface area contributed by atoms with Crippen molar-refractivity contribution in [2.75, 3.05) is 39.3 Å². The van der Waals surface area contributed by atoms with Gasteiger partial charge in [-0.25, -0.2) is 0 Å². The molecule has 2 heterocycles. The van der Waals surface area contributed by atoms with Gasteiger partial charge in [-0.3, -0.25) is 14.6 Å². The van der Waals surface area contributed by atoms with Crippen LogP contribution >= 0.6 is 0 Å². The second-order valence-electron chi connectivity index (χ2n) is 18.4. The van der Waals surface area contributed by atoms with Gasteiger partial charge in [0.05, 0.1) is 11.1 Å². The molecule has 2 fully saturated rings. The van der Waals surface area contributed by atoms with Gasteiger partial charge in [0.1, 0.15) is 0 Å². The second-order valence-corrected chi connectivity index (χ2v) is 18.4. The van der Waals surface area contributed by atoms with E-state index in [0.717, 1.165) is 75.4 Å². The normalized spacial score (nSPS) is 17.5. The van der Waals surface area contributed by atoms with E-state index in [9.17, 15) is 31.1 Å². The van der Waals surface area contributed by atoms with Crippen LogP contribution in [-0.2, 0) is 43.1 Å². The third kappa shape index (κ3) is 13.0. The third-order valence-electron chi connectivity index (χ3n) is 12.3. The topological polar surface area (TPSA) is 38.8 Å². The van der Waals surface area contributed by atoms with E-state index in [0.29, 0.717) is 30.3 Å². The number of halogens is 6. The summed E-state index contributed by atoms with van der Waals surface area (Å²) in [6.45, 7) is 12.4. The highest BCUT2D eigenvalue weighted by atomic mass is 19.4. The number of hydrogen-bond donors (Lipinski definition) is 1. The Labute approximate surface area is 385 Å². The molecule has 0 saturated carbocycles. The van der Waals surface area contributed by atoms with Crippen LogP contribution in [0.3, 0.4) is 0 Å². The van der Waals surface area contributed by atoms with Gasteiger partial charge < -0.3 is 10.2 Å². The molecule has 0 spiro atoms. The fraction of sp³-hybridized carbons (Fsp3) is 0.327. The standard InChI is InChI=1S/C30H33F3N2O.C25H25F3N2/c1-29(2,3)28(36)35-18-17-34(21-25(35)19-22-9-5-4-6-10-22)20-23-13-15-24(16-14-23)26-11-7-8-12-27(26)30(31,32)33;26-25(27,28)24-9-5-4-8-23(24)21-12-10-20(11-13-21)17-30-15-14-29-22(18-30)16-19-6-2-1-3-7-19/h4-16,25H,17-21H2,1-3H3;1-13,22,29H,14-18H2. The number of amides is 1. The van der Waals surface area contributed by atoms with E-state index in [1.165, 1.54) is 35.4 Å². The Morgan fingerprint density at radius 1 is 0.515 bits per heavy atom. The lowest BCUT2D eigenvalue weighted by Crippen LogP contribution is -2.57. The summed E-state index contributed by atoms with van der Waals surface area (Å²) in [5, 5.41) is 3.59. The van der Waals surface area contributed by atoms with Crippen molar-refractivity contribution in [1.29, 1.82) is 0 Å². The van der Waals surface area contributed by atoms with Gasteiger partial charge in [0, 0.05) is 69.9 Å². The second kappa shape index (κ2) is 21.3. The number of hydrogen-bond acceptors (Lipinski definition) is 4. The molecule has 6 aromatic carbocycles. The van der Waals surface area contributed by atoms with Crippen molar-refractivity contribution >= 4 is 5.91 Å². The number of alkyl halides is 6. The molecule has 8 rings (SSSR count). The zero-order chi connectivity index (χ0) is 46.9. The van der Waals surface area contributed by atoms with Gasteiger partial charge in [-0.2, -0.15) is 26.3 Å². The largest absolute Gasteiger partial charge is 0.417 e. The summed E-state index contributed by atoms with van der Waals surface area (Å²) in [4.78, 5) is 19.9. The first-order valence-electron chi connectivity index (χ1n) is 22.6. The summed E-state index contributed by atoms with van der Waals surface area (Å²) >= 11 is 0. The van der Waals surface area contributed by atoms with Gasteiger partial charge in [-0.05, 0) is 69.5 Å². The Morgan fingerprint density at radius 2 is 0.955 bits per heavy atom. The summed E-state index contributed by atoms with van der Waals surface area (Å²) in [5.74, 6) is 0.163. The van der Waals surface area contributed by atoms with Crippen LogP contribution in [-0.4, -0.2) is 72.0 Å². The molecule has 1 amide bonds. The van der Waals surface area contributed by atoms with E-state index in [4.69, 9.17) is 0 Å². The van der Waals surface area contributed by atoms with E-state index in [2.05, 4.69) is 51.5 Å². The molecule has 2 unspecified atom stereocenters. The van der Waals surface area contributed by atoms with Crippen LogP contribution in [0.25, 0.3) is 22.3 Å². The molecule has 66 heavy (non-hydrogen) atoms. The minimum Gasteiger partial charge on any atom is -0.336 e. The fourth-order valence-corrected chi connectivity index (χ4v) is 8.96. The average molecular weight is 905 g/mol. The van der Waals surface area contributed by atoms with Crippen molar-refractivity contribution in [2.45, 2.75) is 71.1 Å². The van der Waals surface area contributed by atoms with Gasteiger partial charge in [0.2, 0.25) is 5.91 Å². The van der Waals surface area contributed by atoms with Crippen molar-refractivity contribution in [1.82, 2.24) is 20.0 Å². The molecule has 346 valence electrons. The number of nitrogens with zero attached hydrogens (tertiary/aromatic N) is 3. The maximum absolute atomic E-state index is 13.4. The Morgan fingerprint density at radius 3 is 1.42 bits per heavy atom. The molecule has 5 nitrogen and oxygen atoms in total. The van der Waals surface area contributed by atoms with Gasteiger partial charge in [-0.1, -0.05) is 166 Å². The number of nitrogens with one attached hydrogen (secondary N) is 1. The number of piperazine rings is 2. The van der Waals surface area contributed by atoms with Crippen molar-refractivity contribution in [2.24, 2.45) is 5.41 Å². The summed E-state index contributed by atoms with van der Waals surface area (Å²) in [6.07, 6.45) is -6.98. The maximum Gasteiger partial charge on any atom is 0.417 e. The smallest absolute Gasteiger partial charge is 0.336 e. The summed E-state index contributed by atoms with van der Waals surface area (Å²) in [6, 6.07) is 47.4. The van der Waals surface area contributed by atoms with E-state index >= 15 is 0 Å². The number of carbonyl (C=O) groups is 1. The molecule has 2 saturated heterocycles. The first-order chi connectivity index (χ1) is 31.5. The van der Waals surface area contributed by atoms with E-state index in [-0.39, 0.29) is 23.1 Å². The highest BCUT2D eigenvalue weighted by Crippen LogP contribution is 2.38. The van der Waals surface area contributed by atoms with Crippen LogP contribution in [0.15, 0.2) is 158 Å². The van der Waals surface area contributed by atoms with Crippen molar-refractivity contribution < 1.29 is 31.1 Å². The number of rotatable bonds is 10. The van der Waals surface area contributed by atoms with Crippen molar-refractivity contribution in [3.63, 3.8) is 0 Å². The van der Waals surface area contributed by atoms with Gasteiger partial charge >= 0.3 is 12.4 Å². The van der Waals surface area contributed by atoms with Crippen LogP contribution in [0.5, 0.6) is 0 Å². The monoisotopic (exact) mass is 904 g/mol. The zero-order valence-corrected chi connectivity index (χ0v) is 37.8. The highest BCUT2D eigenvalue weighted by molar-refractivity contribution is 5.82. The van der Waals surface area contributed by atoms with Crippen LogP contribution in [0.2, 0.25) is 0 Å². The number of carbonyl (C=O) groups excluding carboxylic acids is 1. The molecular formula is C55H58F6N4O. The molecule has 2 atom stereocenters. The van der Waals surface area contributed by atoms with Gasteiger partial charge in [-0.15, -0.1) is 0 Å². The molecule has 0 aliphatic carbocycles. The minimum atomic E-state index is -4.40. The van der Waals surface area contributed by atoms with E-state index in [1.807, 2.05) is 74.2 Å². The zero-order valence-electron chi connectivity index (χ0n) is 37.8. The van der Waals surface area contributed by atoms with Gasteiger partial charge in [0.15, 0.2) is 0 Å². The first-order valence-corrected chi connectivity index (χ1v) is 22.6. The highest BCUT2D eigenvalue weighted by Gasteiger charge is 2.37. The predicted molar refractivity (Wildman–Crippen MR) is 251 cm³/mol. The molecule has 0 bridgehead atoms. The fourth-order valence-electron chi connectivity index (χ4n) is 8.96. The summed E-state index contributed by atoms with van der Waals surface area (Å²) in [7, 11) is 0. The molecular weight excluding hydrogens is 847 g/mol. The van der Waals surface area contributed by atoms with Crippen LogP contribution in [0.4, 0.5) is 26.3 Å². The summed E-state index contributed by atoms with van der Waals surface area (Å²) in [5.41, 5.74) is 4.57. The number of benzene rings is 6. The van der Waals surface area contributed by atoms with Crippen molar-refractivity contribution in [3.05, 3.63) is 191 Å². The summed E-state index contributed by atoms with van der Waals surface area (Å²) < 4.78 is 80.2. The molecule has 6 aromatic rings. The minimum absolute atomic E-state index is 0.0609. The van der Waals surface area contributed by atoms with Crippen LogP contribution in [0.1, 0.15) is 54.2 Å². The molecule has 2 aliphatic rings. The molecule has 2 aliphatic heterocycles. The Kier molecular flexibility index (Phi) is 15.5. The average Bonchev–Trinajstić information content (AvgIpc) is 3.30. The quantitative estimate of drug-likeness (QED) is 0.139. The van der Waals surface area contributed by atoms with E-state index < -0.39 is 28.9 Å². The van der Waals surface area contributed by atoms with Crippen LogP contribution in [0, 0.1) is 5.41 Å². The maximum atomic E-state index is 13.4. The van der Waals surface area contributed by atoms with Crippen molar-refractivity contribution in [3.8, 4) is 22.3 Å². The first kappa shape index (κ1) is 48.2. The molecule has 11 heteroatoms. The van der Waals surface area contributed by atoms with Gasteiger partial charge in [0.25, 0.3) is 0 Å². The van der Waals surface area contributed by atoms with Crippen LogP contribution < -0.4 is 5.32 Å². The third-order valence-corrected chi connectivity index (χ3v) is 12.3. The lowest BCUT2D eigenvalue weighted by Gasteiger charge is -2.44. The SMILES string of the molecule is CC(C)(C)C(=O)N1CCN(Cc2ccc(-c3ccccc3C(F)(F)F)cc2)CC1Cc1ccccc1.FC(F)(F)c1ccccc1-c1ccc(CN2CCNC(Cc3ccccc3)C2)cc1. The van der Waals surface area contributed by atoms with E-state index in [1.54, 1.807) is 36.4 Å². The molecule has 0 radical (unpaired) electrons. The Balaban J connectivity index is 0.000000199. The molecule has 1 N–H and O–H groups in total.